The summed E-state index contributed by atoms with van der Waals surface area (Å²) in [5.41, 5.74) is -0.592. The highest BCUT2D eigenvalue weighted by Crippen LogP contribution is 2.78. The Labute approximate surface area is 245 Å². The third kappa shape index (κ3) is 3.27. The van der Waals surface area contributed by atoms with Gasteiger partial charge in [0.15, 0.2) is 0 Å². The van der Waals surface area contributed by atoms with Gasteiger partial charge in [-0.25, -0.2) is 0 Å². The molecule has 5 fully saturated rings. The van der Waals surface area contributed by atoms with E-state index in [0.717, 1.165) is 70.6 Å². The summed E-state index contributed by atoms with van der Waals surface area (Å²) in [5.74, 6) is 4.56. The van der Waals surface area contributed by atoms with E-state index in [2.05, 4.69) is 67.9 Å². The van der Waals surface area contributed by atoms with Crippen LogP contribution in [0.25, 0.3) is 0 Å². The van der Waals surface area contributed by atoms with Gasteiger partial charge in [0.1, 0.15) is 0 Å². The molecule has 5 saturated carbocycles. The van der Waals surface area contributed by atoms with E-state index in [1.54, 1.807) is 0 Å². The monoisotopic (exact) mass is 550 g/mol. The highest BCUT2D eigenvalue weighted by molar-refractivity contribution is 5.76. The molecule has 0 amide bonds. The Morgan fingerprint density at radius 2 is 1.55 bits per heavy atom. The van der Waals surface area contributed by atoms with Crippen LogP contribution >= 0.6 is 0 Å². The summed E-state index contributed by atoms with van der Waals surface area (Å²) in [6.45, 7) is 23.2. The molecule has 0 spiro atoms. The van der Waals surface area contributed by atoms with Crippen LogP contribution in [0.1, 0.15) is 132 Å². The third-order valence-corrected chi connectivity index (χ3v) is 16.0. The number of aliphatic hydroxyl groups is 1. The Balaban J connectivity index is 1.55. The molecule has 3 nitrogen and oxygen atoms in total. The Morgan fingerprint density at radius 1 is 0.900 bits per heavy atom. The normalized spacial score (nSPS) is 49.5. The van der Waals surface area contributed by atoms with Crippen LogP contribution in [0.2, 0.25) is 0 Å². The van der Waals surface area contributed by atoms with Crippen LogP contribution in [-0.2, 0) is 4.79 Å². The molecule has 0 aromatic carbocycles. The zero-order chi connectivity index (χ0) is 29.7. The molecule has 5 rings (SSSR count). The van der Waals surface area contributed by atoms with Crippen molar-refractivity contribution >= 4 is 5.97 Å². The van der Waals surface area contributed by atoms with Crippen molar-refractivity contribution in [2.45, 2.75) is 138 Å². The Kier molecular flexibility index (Phi) is 6.88. The molecule has 0 heterocycles. The molecule has 0 bridgehead atoms. The summed E-state index contributed by atoms with van der Waals surface area (Å²) in [5, 5.41) is 23.2. The smallest absolute Gasteiger partial charge is 0.309 e. The summed E-state index contributed by atoms with van der Waals surface area (Å²) in [6.07, 6.45) is 17.9. The molecule has 40 heavy (non-hydrogen) atoms. The fourth-order valence-corrected chi connectivity index (χ4v) is 13.5. The summed E-state index contributed by atoms with van der Waals surface area (Å²) in [6, 6.07) is 0. The minimum absolute atomic E-state index is 0.124. The SMILES string of the molecule is C#CC(CC)(CC)C1(O)CC[C@@]2(C)C(CC[C@]3(C)C2CCC2C4C(C(=C)C)CCC4(C(=O)O)CCC23C)C1(C)C. The average molecular weight is 551 g/mol. The largest absolute Gasteiger partial charge is 0.481 e. The van der Waals surface area contributed by atoms with Crippen molar-refractivity contribution in [1.29, 1.82) is 0 Å². The minimum Gasteiger partial charge on any atom is -0.481 e. The van der Waals surface area contributed by atoms with Crippen LogP contribution in [0.5, 0.6) is 0 Å². The summed E-state index contributed by atoms with van der Waals surface area (Å²) in [7, 11) is 0. The van der Waals surface area contributed by atoms with Gasteiger partial charge in [-0.1, -0.05) is 66.5 Å². The Morgan fingerprint density at radius 3 is 2.10 bits per heavy atom. The maximum atomic E-state index is 12.9. The second-order valence-corrected chi connectivity index (χ2v) is 16.7. The van der Waals surface area contributed by atoms with E-state index in [4.69, 9.17) is 6.42 Å². The van der Waals surface area contributed by atoms with E-state index in [-0.39, 0.29) is 27.6 Å². The molecule has 224 valence electrons. The quantitative estimate of drug-likeness (QED) is 0.265. The zero-order valence-electron chi connectivity index (χ0n) is 27.0. The van der Waals surface area contributed by atoms with Crippen LogP contribution < -0.4 is 0 Å². The van der Waals surface area contributed by atoms with Gasteiger partial charge >= 0.3 is 5.97 Å². The minimum atomic E-state index is -0.873. The highest BCUT2D eigenvalue weighted by Gasteiger charge is 2.74. The van der Waals surface area contributed by atoms with Gasteiger partial charge in [0.25, 0.3) is 0 Å². The third-order valence-electron chi connectivity index (χ3n) is 16.0. The Hall–Kier alpha value is -1.27. The van der Waals surface area contributed by atoms with Crippen molar-refractivity contribution in [3.8, 4) is 12.3 Å². The average Bonchev–Trinajstić information content (AvgIpc) is 3.30. The lowest BCUT2D eigenvalue weighted by Gasteiger charge is -2.74. The topological polar surface area (TPSA) is 57.5 Å². The van der Waals surface area contributed by atoms with Gasteiger partial charge in [-0.05, 0) is 135 Å². The Bertz CT molecular complexity index is 1110. The van der Waals surface area contributed by atoms with Gasteiger partial charge in [0.05, 0.1) is 16.4 Å². The summed E-state index contributed by atoms with van der Waals surface area (Å²) in [4.78, 5) is 12.9. The molecule has 0 radical (unpaired) electrons. The van der Waals surface area contributed by atoms with Crippen LogP contribution in [0.4, 0.5) is 0 Å². The number of carbonyl (C=O) groups is 1. The molecule has 0 aliphatic heterocycles. The zero-order valence-corrected chi connectivity index (χ0v) is 27.0. The molecule has 2 N–H and O–H groups in total. The maximum Gasteiger partial charge on any atom is 0.309 e. The molecule has 5 aliphatic carbocycles. The fraction of sp³-hybridized carbons (Fsp3) is 0.865. The van der Waals surface area contributed by atoms with Crippen molar-refractivity contribution in [2.24, 2.45) is 62.1 Å². The van der Waals surface area contributed by atoms with E-state index < -0.39 is 22.4 Å². The molecular formula is C37H58O3. The summed E-state index contributed by atoms with van der Waals surface area (Å²) < 4.78 is 0. The lowest BCUT2D eigenvalue weighted by molar-refractivity contribution is -0.281. The summed E-state index contributed by atoms with van der Waals surface area (Å²) >= 11 is 0. The first-order chi connectivity index (χ1) is 18.5. The number of carboxylic acid groups (broad SMARTS) is 1. The standard InChI is InChI=1S/C37H58O3/c1-11-35(12-2,13-3)37(40)23-20-32(8)27(31(37,6)7)17-18-34(10)28(32)15-14-26-29-25(24(4)5)16-19-36(29,30(38)39)22-21-33(26,34)9/h1,25-29,40H,4,12-23H2,2-3,5-10H3,(H,38,39)/t25?,26?,27?,28?,29?,32-,33?,34+,36?,37?/m0/s1. The predicted molar refractivity (Wildman–Crippen MR) is 163 cm³/mol. The van der Waals surface area contributed by atoms with Gasteiger partial charge in [-0.15, -0.1) is 6.42 Å². The lowest BCUT2D eigenvalue weighted by atomic mass is 9.30. The number of terminal acetylenes is 1. The number of rotatable bonds is 5. The van der Waals surface area contributed by atoms with E-state index >= 15 is 0 Å². The van der Waals surface area contributed by atoms with Crippen LogP contribution in [-0.4, -0.2) is 21.8 Å². The van der Waals surface area contributed by atoms with Gasteiger partial charge < -0.3 is 10.2 Å². The number of hydrogen-bond donors (Lipinski definition) is 2. The second kappa shape index (κ2) is 9.11. The van der Waals surface area contributed by atoms with Gasteiger partial charge in [-0.2, -0.15) is 0 Å². The molecule has 0 saturated heterocycles. The predicted octanol–water partition coefficient (Wildman–Crippen LogP) is 8.90. The number of aliphatic carboxylic acids is 1. The fourth-order valence-electron chi connectivity index (χ4n) is 13.5. The van der Waals surface area contributed by atoms with E-state index in [1.165, 1.54) is 12.0 Å². The van der Waals surface area contributed by atoms with Crippen LogP contribution in [0.15, 0.2) is 12.2 Å². The lowest BCUT2D eigenvalue weighted by Crippen LogP contribution is -2.71. The van der Waals surface area contributed by atoms with Crippen LogP contribution in [0.3, 0.4) is 0 Å². The molecule has 5 aliphatic rings. The van der Waals surface area contributed by atoms with Crippen molar-refractivity contribution in [3.63, 3.8) is 0 Å². The highest BCUT2D eigenvalue weighted by atomic mass is 16.4. The van der Waals surface area contributed by atoms with Crippen molar-refractivity contribution < 1.29 is 15.0 Å². The van der Waals surface area contributed by atoms with Gasteiger partial charge in [0, 0.05) is 0 Å². The number of fused-ring (bicyclic) bond motifs is 7. The van der Waals surface area contributed by atoms with E-state index in [1.807, 2.05) is 0 Å². The molecule has 8 unspecified atom stereocenters. The number of allylic oxidation sites excluding steroid dienone is 1. The molecule has 3 heteroatoms. The maximum absolute atomic E-state index is 12.9. The van der Waals surface area contributed by atoms with E-state index in [0.29, 0.717) is 23.7 Å². The van der Waals surface area contributed by atoms with E-state index in [9.17, 15) is 15.0 Å². The molecule has 0 aromatic rings. The molecule has 10 atom stereocenters. The van der Waals surface area contributed by atoms with Crippen molar-refractivity contribution in [1.82, 2.24) is 0 Å². The first-order valence-electron chi connectivity index (χ1n) is 16.6. The first-order valence-corrected chi connectivity index (χ1v) is 16.6. The van der Waals surface area contributed by atoms with Crippen LogP contribution in [0, 0.1) is 74.4 Å². The van der Waals surface area contributed by atoms with Gasteiger partial charge in [0.2, 0.25) is 0 Å². The second-order valence-electron chi connectivity index (χ2n) is 16.7. The number of hydrogen-bond acceptors (Lipinski definition) is 2. The van der Waals surface area contributed by atoms with Crippen molar-refractivity contribution in [3.05, 3.63) is 12.2 Å². The molecule has 0 aromatic heterocycles. The number of carboxylic acids is 1. The van der Waals surface area contributed by atoms with Crippen molar-refractivity contribution in [2.75, 3.05) is 0 Å². The van der Waals surface area contributed by atoms with Gasteiger partial charge in [-0.3, -0.25) is 4.79 Å². The first kappa shape index (κ1) is 30.2. The molecular weight excluding hydrogens is 492 g/mol.